The van der Waals surface area contributed by atoms with Gasteiger partial charge in [-0.25, -0.2) is 4.79 Å². The van der Waals surface area contributed by atoms with Gasteiger partial charge in [0.15, 0.2) is 0 Å². The van der Waals surface area contributed by atoms with Crippen LogP contribution in [-0.4, -0.2) is 34.5 Å². The third-order valence-corrected chi connectivity index (χ3v) is 3.22. The molecule has 2 unspecified atom stereocenters. The van der Waals surface area contributed by atoms with Crippen molar-refractivity contribution in [3.05, 3.63) is 35.9 Å². The number of likely N-dealkylation sites (tertiary alicyclic amines) is 1. The summed E-state index contributed by atoms with van der Waals surface area (Å²) in [6.45, 7) is 5.99. The Morgan fingerprint density at radius 1 is 1.32 bits per heavy atom. The lowest BCUT2D eigenvalue weighted by Crippen LogP contribution is -2.40. The highest BCUT2D eigenvalue weighted by Gasteiger charge is 2.38. The van der Waals surface area contributed by atoms with Gasteiger partial charge < -0.3 is 9.84 Å². The minimum Gasteiger partial charge on any atom is -0.444 e. The number of nitrogens with zero attached hydrogens (tertiary/aromatic N) is 1. The maximum Gasteiger partial charge on any atom is 0.412 e. The van der Waals surface area contributed by atoms with Crippen molar-refractivity contribution in [2.75, 3.05) is 6.54 Å². The van der Waals surface area contributed by atoms with Crippen LogP contribution in [-0.2, 0) is 4.74 Å². The highest BCUT2D eigenvalue weighted by molar-refractivity contribution is 5.69. The minimum atomic E-state index is -0.808. The molecule has 0 aromatic heterocycles. The van der Waals surface area contributed by atoms with Crippen molar-refractivity contribution < 1.29 is 14.6 Å². The molecule has 1 heterocycles. The van der Waals surface area contributed by atoms with Gasteiger partial charge in [0.2, 0.25) is 0 Å². The van der Waals surface area contributed by atoms with E-state index in [2.05, 4.69) is 0 Å². The predicted molar refractivity (Wildman–Crippen MR) is 72.7 cm³/mol. The molecule has 0 aliphatic carbocycles. The standard InChI is InChI=1S/C15H21NO3/c1-15(2,3)19-14(18)16-10-9-12(13(16)17)11-7-5-4-6-8-11/h4-8,12-13,17H,9-10H2,1-3H3. The average Bonchev–Trinajstić information content (AvgIpc) is 2.70. The molecule has 1 fully saturated rings. The van der Waals surface area contributed by atoms with Crippen molar-refractivity contribution >= 4 is 6.09 Å². The first-order chi connectivity index (χ1) is 8.88. The summed E-state index contributed by atoms with van der Waals surface area (Å²) in [6, 6.07) is 9.78. The number of ether oxygens (including phenoxy) is 1. The molecule has 2 atom stereocenters. The Morgan fingerprint density at radius 3 is 2.53 bits per heavy atom. The number of aliphatic hydroxyl groups excluding tert-OH is 1. The molecule has 0 radical (unpaired) electrons. The van der Waals surface area contributed by atoms with Gasteiger partial charge in [0.05, 0.1) is 0 Å². The smallest absolute Gasteiger partial charge is 0.412 e. The van der Waals surface area contributed by atoms with Crippen LogP contribution in [0.2, 0.25) is 0 Å². The van der Waals surface area contributed by atoms with E-state index < -0.39 is 17.9 Å². The van der Waals surface area contributed by atoms with Crippen molar-refractivity contribution in [2.45, 2.75) is 44.9 Å². The number of carbonyl (C=O) groups is 1. The summed E-state index contributed by atoms with van der Waals surface area (Å²) in [5.74, 6) is -0.0336. The van der Waals surface area contributed by atoms with Crippen LogP contribution in [0.3, 0.4) is 0 Å². The molecule has 1 amide bonds. The molecule has 4 heteroatoms. The number of rotatable bonds is 1. The number of amides is 1. The van der Waals surface area contributed by atoms with Crippen molar-refractivity contribution in [3.63, 3.8) is 0 Å². The zero-order valence-corrected chi connectivity index (χ0v) is 11.7. The largest absolute Gasteiger partial charge is 0.444 e. The van der Waals surface area contributed by atoms with Gasteiger partial charge in [-0.1, -0.05) is 30.3 Å². The van der Waals surface area contributed by atoms with Crippen LogP contribution in [0.4, 0.5) is 4.79 Å². The lowest BCUT2D eigenvalue weighted by Gasteiger charge is -2.27. The summed E-state index contributed by atoms with van der Waals surface area (Å²) in [5.41, 5.74) is 0.516. The van der Waals surface area contributed by atoms with E-state index in [1.807, 2.05) is 51.1 Å². The van der Waals surface area contributed by atoms with E-state index >= 15 is 0 Å². The molecule has 1 N–H and O–H groups in total. The average molecular weight is 263 g/mol. The summed E-state index contributed by atoms with van der Waals surface area (Å²) in [7, 11) is 0. The summed E-state index contributed by atoms with van der Waals surface area (Å²) in [5, 5.41) is 10.3. The Balaban J connectivity index is 2.06. The predicted octanol–water partition coefficient (Wildman–Crippen LogP) is 2.73. The highest BCUT2D eigenvalue weighted by atomic mass is 16.6. The van der Waals surface area contributed by atoms with E-state index in [4.69, 9.17) is 4.74 Å². The zero-order valence-electron chi connectivity index (χ0n) is 11.7. The second-order valence-electron chi connectivity index (χ2n) is 5.89. The maximum absolute atomic E-state index is 12.0. The zero-order chi connectivity index (χ0) is 14.0. The molecule has 1 aliphatic heterocycles. The normalized spacial score (nSPS) is 23.5. The number of hydrogen-bond donors (Lipinski definition) is 1. The topological polar surface area (TPSA) is 49.8 Å². The van der Waals surface area contributed by atoms with Gasteiger partial charge >= 0.3 is 6.09 Å². The Hall–Kier alpha value is -1.55. The summed E-state index contributed by atoms with van der Waals surface area (Å²) < 4.78 is 5.30. The summed E-state index contributed by atoms with van der Waals surface area (Å²) >= 11 is 0. The molecule has 1 aromatic rings. The first-order valence-electron chi connectivity index (χ1n) is 6.61. The van der Waals surface area contributed by atoms with E-state index in [9.17, 15) is 9.90 Å². The van der Waals surface area contributed by atoms with Crippen molar-refractivity contribution in [1.82, 2.24) is 4.90 Å². The number of hydrogen-bond acceptors (Lipinski definition) is 3. The Bertz CT molecular complexity index is 438. The van der Waals surface area contributed by atoms with E-state index in [0.29, 0.717) is 6.54 Å². The quantitative estimate of drug-likeness (QED) is 0.847. The summed E-state index contributed by atoms with van der Waals surface area (Å²) in [4.78, 5) is 13.4. The summed E-state index contributed by atoms with van der Waals surface area (Å²) in [6.07, 6.45) is -0.500. The fourth-order valence-corrected chi connectivity index (χ4v) is 2.34. The maximum atomic E-state index is 12.0. The van der Waals surface area contributed by atoms with Crippen molar-refractivity contribution in [2.24, 2.45) is 0 Å². The first-order valence-corrected chi connectivity index (χ1v) is 6.61. The molecule has 1 aromatic carbocycles. The van der Waals surface area contributed by atoms with Crippen LogP contribution in [0.1, 0.15) is 38.7 Å². The van der Waals surface area contributed by atoms with Gasteiger partial charge in [0.1, 0.15) is 11.8 Å². The molecule has 0 spiro atoms. The van der Waals surface area contributed by atoms with Crippen LogP contribution >= 0.6 is 0 Å². The SMILES string of the molecule is CC(C)(C)OC(=O)N1CCC(c2ccccc2)C1O. The molecule has 2 rings (SSSR count). The monoisotopic (exact) mass is 263 g/mol. The number of benzene rings is 1. The van der Waals surface area contributed by atoms with E-state index in [1.54, 1.807) is 0 Å². The van der Waals surface area contributed by atoms with Crippen molar-refractivity contribution in [3.8, 4) is 0 Å². The Kier molecular flexibility index (Phi) is 3.80. The van der Waals surface area contributed by atoms with Gasteiger partial charge in [0.25, 0.3) is 0 Å². The van der Waals surface area contributed by atoms with Gasteiger partial charge in [0, 0.05) is 12.5 Å². The number of aliphatic hydroxyl groups is 1. The fraction of sp³-hybridized carbons (Fsp3) is 0.533. The number of carbonyl (C=O) groups excluding carboxylic acids is 1. The van der Waals surface area contributed by atoms with E-state index in [0.717, 1.165) is 12.0 Å². The lowest BCUT2D eigenvalue weighted by atomic mass is 9.97. The second kappa shape index (κ2) is 5.21. The van der Waals surface area contributed by atoms with Crippen LogP contribution < -0.4 is 0 Å². The van der Waals surface area contributed by atoms with Crippen LogP contribution in [0.5, 0.6) is 0 Å². The van der Waals surface area contributed by atoms with Crippen LogP contribution in [0, 0.1) is 0 Å². The third-order valence-electron chi connectivity index (χ3n) is 3.22. The molecular formula is C15H21NO3. The minimum absolute atomic E-state index is 0.0336. The molecule has 0 saturated carbocycles. The molecule has 1 aliphatic rings. The van der Waals surface area contributed by atoms with Gasteiger partial charge in [-0.05, 0) is 32.8 Å². The molecule has 4 nitrogen and oxygen atoms in total. The molecule has 104 valence electrons. The van der Waals surface area contributed by atoms with E-state index in [-0.39, 0.29) is 5.92 Å². The molecular weight excluding hydrogens is 242 g/mol. The van der Waals surface area contributed by atoms with E-state index in [1.165, 1.54) is 4.90 Å². The molecule has 0 bridgehead atoms. The van der Waals surface area contributed by atoms with Gasteiger partial charge in [-0.2, -0.15) is 0 Å². The molecule has 19 heavy (non-hydrogen) atoms. The molecule has 1 saturated heterocycles. The van der Waals surface area contributed by atoms with Gasteiger partial charge in [-0.15, -0.1) is 0 Å². The second-order valence-corrected chi connectivity index (χ2v) is 5.89. The third kappa shape index (κ3) is 3.26. The van der Waals surface area contributed by atoms with Crippen molar-refractivity contribution in [1.29, 1.82) is 0 Å². The Labute approximate surface area is 114 Å². The van der Waals surface area contributed by atoms with Crippen LogP contribution in [0.15, 0.2) is 30.3 Å². The first kappa shape index (κ1) is 13.9. The highest BCUT2D eigenvalue weighted by Crippen LogP contribution is 2.32. The van der Waals surface area contributed by atoms with Crippen LogP contribution in [0.25, 0.3) is 0 Å². The fourth-order valence-electron chi connectivity index (χ4n) is 2.34. The lowest BCUT2D eigenvalue weighted by molar-refractivity contribution is -0.0172. The Morgan fingerprint density at radius 2 is 1.95 bits per heavy atom. The van der Waals surface area contributed by atoms with Gasteiger partial charge in [-0.3, -0.25) is 4.90 Å².